The number of hydrogen-bond acceptors (Lipinski definition) is 5. The predicted molar refractivity (Wildman–Crippen MR) is 103 cm³/mol. The van der Waals surface area contributed by atoms with E-state index in [1.54, 1.807) is 13.8 Å². The lowest BCUT2D eigenvalue weighted by Gasteiger charge is -2.16. The van der Waals surface area contributed by atoms with Gasteiger partial charge in [0.15, 0.2) is 0 Å². The molecule has 0 saturated carbocycles. The predicted octanol–water partition coefficient (Wildman–Crippen LogP) is 3.65. The van der Waals surface area contributed by atoms with Crippen LogP contribution in [0.3, 0.4) is 0 Å². The van der Waals surface area contributed by atoms with Crippen LogP contribution in [0.1, 0.15) is 20.8 Å². The Hall–Kier alpha value is -1.92. The van der Waals surface area contributed by atoms with E-state index in [1.807, 2.05) is 67.6 Å². The number of rotatable bonds is 9. The molecule has 0 fully saturated rings. The highest BCUT2D eigenvalue weighted by Gasteiger charge is 2.07. The van der Waals surface area contributed by atoms with Gasteiger partial charge in [-0.15, -0.1) is 0 Å². The van der Waals surface area contributed by atoms with Crippen molar-refractivity contribution < 1.29 is 24.4 Å². The van der Waals surface area contributed by atoms with Gasteiger partial charge in [0, 0.05) is 0 Å². The van der Waals surface area contributed by atoms with Crippen LogP contribution in [0.4, 0.5) is 0 Å². The van der Waals surface area contributed by atoms with Crippen molar-refractivity contribution >= 4 is 0 Å². The highest BCUT2D eigenvalue weighted by molar-refractivity contribution is 5.30. The van der Waals surface area contributed by atoms with Gasteiger partial charge in [0.1, 0.15) is 11.5 Å². The minimum atomic E-state index is -0.447. The maximum atomic E-state index is 8.92. The van der Waals surface area contributed by atoms with Gasteiger partial charge in [0.25, 0.3) is 0 Å². The second-order valence-corrected chi connectivity index (χ2v) is 6.05. The maximum absolute atomic E-state index is 8.92. The minimum Gasteiger partial charge on any atom is -0.457 e. The largest absolute Gasteiger partial charge is 0.457 e. The molecule has 0 heterocycles. The van der Waals surface area contributed by atoms with Crippen molar-refractivity contribution in [2.75, 3.05) is 19.8 Å². The van der Waals surface area contributed by atoms with Crippen LogP contribution < -0.4 is 4.74 Å². The number of hydrogen-bond donors (Lipinski definition) is 2. The van der Waals surface area contributed by atoms with Crippen molar-refractivity contribution in [2.24, 2.45) is 0 Å². The molecule has 2 rings (SSSR count). The summed E-state index contributed by atoms with van der Waals surface area (Å²) in [6.45, 7) is 6.10. The van der Waals surface area contributed by atoms with Crippen LogP contribution in [0.2, 0.25) is 0 Å². The third-order valence-corrected chi connectivity index (χ3v) is 3.22. The fraction of sp³-hybridized carbons (Fsp3) is 0.429. The first-order valence-electron chi connectivity index (χ1n) is 8.81. The van der Waals surface area contributed by atoms with Gasteiger partial charge < -0.3 is 24.4 Å². The van der Waals surface area contributed by atoms with Gasteiger partial charge in [-0.25, -0.2) is 0 Å². The van der Waals surface area contributed by atoms with Crippen LogP contribution in [0.5, 0.6) is 11.5 Å². The zero-order chi connectivity index (χ0) is 19.2. The summed E-state index contributed by atoms with van der Waals surface area (Å²) < 4.78 is 16.0. The Morgan fingerprint density at radius 1 is 0.731 bits per heavy atom. The molecule has 0 aliphatic heterocycles. The summed E-state index contributed by atoms with van der Waals surface area (Å²) >= 11 is 0. The summed E-state index contributed by atoms with van der Waals surface area (Å²) in [6.07, 6.45) is -0.654. The molecule has 5 heteroatoms. The maximum Gasteiger partial charge on any atom is 0.127 e. The molecule has 0 aliphatic rings. The molecule has 3 unspecified atom stereocenters. The third kappa shape index (κ3) is 10.8. The molecule has 2 aromatic carbocycles. The van der Waals surface area contributed by atoms with E-state index in [4.69, 9.17) is 24.4 Å². The summed E-state index contributed by atoms with van der Waals surface area (Å²) in [5.74, 6) is 1.74. The highest BCUT2D eigenvalue weighted by atomic mass is 16.5. The molecule has 0 radical (unpaired) electrons. The van der Waals surface area contributed by atoms with Crippen molar-refractivity contribution in [3.05, 3.63) is 60.7 Å². The molecule has 0 amide bonds. The van der Waals surface area contributed by atoms with E-state index < -0.39 is 6.10 Å². The second-order valence-electron chi connectivity index (χ2n) is 6.05. The van der Waals surface area contributed by atoms with Gasteiger partial charge in [-0.05, 0) is 45.0 Å². The smallest absolute Gasteiger partial charge is 0.127 e. The van der Waals surface area contributed by atoms with Crippen molar-refractivity contribution in [3.63, 3.8) is 0 Å². The van der Waals surface area contributed by atoms with Crippen LogP contribution in [-0.2, 0) is 9.47 Å². The van der Waals surface area contributed by atoms with Gasteiger partial charge in [-0.2, -0.15) is 0 Å². The summed E-state index contributed by atoms with van der Waals surface area (Å²) in [5.41, 5.74) is 0. The number of benzene rings is 2. The van der Waals surface area contributed by atoms with Gasteiger partial charge in [-0.3, -0.25) is 0 Å². The molecular formula is C21H30O5. The molecule has 0 saturated heterocycles. The van der Waals surface area contributed by atoms with E-state index >= 15 is 0 Å². The van der Waals surface area contributed by atoms with E-state index in [2.05, 4.69) is 0 Å². The molecule has 0 spiro atoms. The number of para-hydroxylation sites is 2. The molecular weight excluding hydrogens is 332 g/mol. The third-order valence-electron chi connectivity index (χ3n) is 3.22. The first-order chi connectivity index (χ1) is 12.5. The van der Waals surface area contributed by atoms with Crippen LogP contribution in [0.25, 0.3) is 0 Å². The van der Waals surface area contributed by atoms with E-state index in [9.17, 15) is 0 Å². The van der Waals surface area contributed by atoms with Crippen LogP contribution in [0, 0.1) is 0 Å². The molecule has 0 aliphatic carbocycles. The normalized spacial score (nSPS) is 13.9. The fourth-order valence-electron chi connectivity index (χ4n) is 1.82. The monoisotopic (exact) mass is 362 g/mol. The Kier molecular flexibility index (Phi) is 11.3. The molecule has 0 bridgehead atoms. The SMILES string of the molecule is CC(O)COC(C)COC(C)CO.c1ccc(Oc2ccccc2)cc1. The quantitative estimate of drug-likeness (QED) is 0.713. The molecule has 2 N–H and O–H groups in total. The molecule has 5 nitrogen and oxygen atoms in total. The van der Waals surface area contributed by atoms with E-state index in [0.29, 0.717) is 13.2 Å². The summed E-state index contributed by atoms with van der Waals surface area (Å²) in [5, 5.41) is 17.6. The van der Waals surface area contributed by atoms with E-state index in [1.165, 1.54) is 0 Å². The Morgan fingerprint density at radius 3 is 1.62 bits per heavy atom. The summed E-state index contributed by atoms with van der Waals surface area (Å²) in [4.78, 5) is 0. The molecule has 26 heavy (non-hydrogen) atoms. The molecule has 2 aromatic rings. The lowest BCUT2D eigenvalue weighted by Crippen LogP contribution is -2.24. The minimum absolute atomic E-state index is 0.0170. The Labute approximate surface area is 156 Å². The Balaban J connectivity index is 0.000000260. The first kappa shape index (κ1) is 22.1. The number of ether oxygens (including phenoxy) is 3. The van der Waals surface area contributed by atoms with Crippen LogP contribution in [-0.4, -0.2) is 48.3 Å². The fourth-order valence-corrected chi connectivity index (χ4v) is 1.82. The zero-order valence-electron chi connectivity index (χ0n) is 15.7. The Bertz CT molecular complexity index is 522. The van der Waals surface area contributed by atoms with Gasteiger partial charge in [0.2, 0.25) is 0 Å². The topological polar surface area (TPSA) is 68.2 Å². The van der Waals surface area contributed by atoms with Gasteiger partial charge >= 0.3 is 0 Å². The average molecular weight is 362 g/mol. The van der Waals surface area contributed by atoms with Crippen molar-refractivity contribution in [3.8, 4) is 11.5 Å². The van der Waals surface area contributed by atoms with Crippen LogP contribution in [0.15, 0.2) is 60.7 Å². The first-order valence-corrected chi connectivity index (χ1v) is 8.81. The van der Waals surface area contributed by atoms with Gasteiger partial charge in [0.05, 0.1) is 38.1 Å². The van der Waals surface area contributed by atoms with Gasteiger partial charge in [-0.1, -0.05) is 36.4 Å². The number of aliphatic hydroxyl groups is 2. The van der Waals surface area contributed by atoms with Crippen molar-refractivity contribution in [2.45, 2.75) is 39.1 Å². The van der Waals surface area contributed by atoms with E-state index in [0.717, 1.165) is 11.5 Å². The number of aliphatic hydroxyl groups excluding tert-OH is 2. The summed E-state index contributed by atoms with van der Waals surface area (Å²) in [6, 6.07) is 19.5. The molecule has 144 valence electrons. The van der Waals surface area contributed by atoms with Crippen LogP contribution >= 0.6 is 0 Å². The van der Waals surface area contributed by atoms with Crippen molar-refractivity contribution in [1.82, 2.24) is 0 Å². The lowest BCUT2D eigenvalue weighted by atomic mass is 10.3. The Morgan fingerprint density at radius 2 is 1.19 bits per heavy atom. The zero-order valence-corrected chi connectivity index (χ0v) is 15.7. The molecule has 0 aromatic heterocycles. The standard InChI is InChI=1S/C12H10O.C9H20O4/c1-3-7-11(8-4-1)13-12-9-5-2-6-10-12;1-7(11)5-12-9(3)6-13-8(2)4-10/h1-10H;7-11H,4-6H2,1-3H3. The average Bonchev–Trinajstić information content (AvgIpc) is 2.66. The van der Waals surface area contributed by atoms with E-state index in [-0.39, 0.29) is 18.8 Å². The lowest BCUT2D eigenvalue weighted by molar-refractivity contribution is -0.0620. The second kappa shape index (κ2) is 13.3. The highest BCUT2D eigenvalue weighted by Crippen LogP contribution is 2.19. The summed E-state index contributed by atoms with van der Waals surface area (Å²) in [7, 11) is 0. The van der Waals surface area contributed by atoms with Crippen molar-refractivity contribution in [1.29, 1.82) is 0 Å². The molecule has 3 atom stereocenters.